The maximum atomic E-state index is 4.57. The molecule has 2 rings (SSSR count). The molecule has 18 heavy (non-hydrogen) atoms. The van der Waals surface area contributed by atoms with Gasteiger partial charge < -0.3 is 5.32 Å². The van der Waals surface area contributed by atoms with E-state index in [9.17, 15) is 0 Å². The molecule has 0 atom stereocenters. The van der Waals surface area contributed by atoms with Crippen LogP contribution in [0.4, 0.5) is 0 Å². The Morgan fingerprint density at radius 2 is 2.06 bits per heavy atom. The molecule has 0 amide bonds. The van der Waals surface area contributed by atoms with E-state index in [1.54, 1.807) is 0 Å². The summed E-state index contributed by atoms with van der Waals surface area (Å²) in [5.41, 5.74) is 3.75. The summed E-state index contributed by atoms with van der Waals surface area (Å²) in [6.07, 6.45) is 3.21. The molecule has 1 aromatic heterocycles. The molecule has 0 fully saturated rings. The number of aromatic nitrogens is 2. The molecule has 1 heterocycles. The Balaban J connectivity index is 1.96. The van der Waals surface area contributed by atoms with Crippen molar-refractivity contribution < 1.29 is 0 Å². The number of hydrogen-bond donors (Lipinski definition) is 1. The average molecular weight is 243 g/mol. The Morgan fingerprint density at radius 1 is 1.22 bits per heavy atom. The molecule has 0 bridgehead atoms. The Bertz CT molecular complexity index is 488. The zero-order chi connectivity index (χ0) is 12.8. The van der Waals surface area contributed by atoms with Gasteiger partial charge in [0.2, 0.25) is 0 Å². The van der Waals surface area contributed by atoms with Gasteiger partial charge in [0, 0.05) is 12.7 Å². The second-order valence-electron chi connectivity index (χ2n) is 4.61. The van der Waals surface area contributed by atoms with Crippen LogP contribution in [0.2, 0.25) is 0 Å². The van der Waals surface area contributed by atoms with E-state index in [1.807, 2.05) is 4.68 Å². The summed E-state index contributed by atoms with van der Waals surface area (Å²) in [6, 6.07) is 10.5. The van der Waals surface area contributed by atoms with Gasteiger partial charge in [-0.05, 0) is 37.1 Å². The second-order valence-corrected chi connectivity index (χ2v) is 4.61. The van der Waals surface area contributed by atoms with Gasteiger partial charge in [0.1, 0.15) is 0 Å². The van der Waals surface area contributed by atoms with Crippen molar-refractivity contribution in [3.8, 4) is 0 Å². The zero-order valence-electron chi connectivity index (χ0n) is 11.2. The molecule has 0 aliphatic carbocycles. The molecule has 96 valence electrons. The molecule has 0 unspecified atom stereocenters. The Labute approximate surface area is 109 Å². The summed E-state index contributed by atoms with van der Waals surface area (Å²) in [5.74, 6) is 0. The zero-order valence-corrected chi connectivity index (χ0v) is 11.2. The van der Waals surface area contributed by atoms with Crippen molar-refractivity contribution in [1.29, 1.82) is 0 Å². The lowest BCUT2D eigenvalue weighted by molar-refractivity contribution is 0.627. The van der Waals surface area contributed by atoms with Crippen molar-refractivity contribution in [3.05, 3.63) is 53.3 Å². The highest BCUT2D eigenvalue weighted by molar-refractivity contribution is 5.25. The van der Waals surface area contributed by atoms with Crippen LogP contribution >= 0.6 is 0 Å². The van der Waals surface area contributed by atoms with Crippen molar-refractivity contribution in [3.63, 3.8) is 0 Å². The Morgan fingerprint density at radius 3 is 2.83 bits per heavy atom. The first-order valence-corrected chi connectivity index (χ1v) is 6.57. The summed E-state index contributed by atoms with van der Waals surface area (Å²) >= 11 is 0. The van der Waals surface area contributed by atoms with Gasteiger partial charge in [-0.25, -0.2) is 0 Å². The minimum absolute atomic E-state index is 0.848. The predicted molar refractivity (Wildman–Crippen MR) is 74.5 cm³/mol. The number of aryl methyl sites for hydroxylation is 1. The van der Waals surface area contributed by atoms with Gasteiger partial charge in [-0.1, -0.05) is 31.2 Å². The van der Waals surface area contributed by atoms with E-state index in [2.05, 4.69) is 60.8 Å². The lowest BCUT2D eigenvalue weighted by Crippen LogP contribution is -2.14. The van der Waals surface area contributed by atoms with Gasteiger partial charge in [0.05, 0.1) is 12.2 Å². The molecular weight excluding hydrogens is 222 g/mol. The number of rotatable bonds is 6. The molecule has 1 N–H and O–H groups in total. The molecule has 0 spiro atoms. The van der Waals surface area contributed by atoms with Gasteiger partial charge in [0.15, 0.2) is 0 Å². The fourth-order valence-electron chi connectivity index (χ4n) is 1.94. The largest absolute Gasteiger partial charge is 0.311 e. The predicted octanol–water partition coefficient (Wildman–Crippen LogP) is 2.74. The van der Waals surface area contributed by atoms with Crippen molar-refractivity contribution in [2.24, 2.45) is 0 Å². The molecule has 3 heteroatoms. The lowest BCUT2D eigenvalue weighted by Gasteiger charge is -2.05. The summed E-state index contributed by atoms with van der Waals surface area (Å²) in [6.45, 7) is 7.06. The quantitative estimate of drug-likeness (QED) is 0.791. The monoisotopic (exact) mass is 243 g/mol. The van der Waals surface area contributed by atoms with Crippen molar-refractivity contribution in [2.75, 3.05) is 6.54 Å². The van der Waals surface area contributed by atoms with E-state index in [0.29, 0.717) is 0 Å². The smallest absolute Gasteiger partial charge is 0.0762 e. The highest BCUT2D eigenvalue weighted by Gasteiger charge is 2.01. The average Bonchev–Trinajstić information content (AvgIpc) is 2.80. The molecule has 2 aromatic rings. The Kier molecular flexibility index (Phi) is 4.53. The molecule has 0 saturated carbocycles. The van der Waals surface area contributed by atoms with Crippen LogP contribution in [0.15, 0.2) is 36.5 Å². The molecule has 0 radical (unpaired) electrons. The Hall–Kier alpha value is -1.61. The normalized spacial score (nSPS) is 10.8. The van der Waals surface area contributed by atoms with E-state index in [1.165, 1.54) is 11.1 Å². The van der Waals surface area contributed by atoms with Gasteiger partial charge in [0.25, 0.3) is 0 Å². The van der Waals surface area contributed by atoms with Gasteiger partial charge in [-0.2, -0.15) is 5.10 Å². The minimum atomic E-state index is 0.848. The first-order valence-electron chi connectivity index (χ1n) is 6.57. The van der Waals surface area contributed by atoms with Crippen LogP contribution < -0.4 is 5.32 Å². The van der Waals surface area contributed by atoms with Crippen molar-refractivity contribution in [1.82, 2.24) is 15.1 Å². The van der Waals surface area contributed by atoms with Crippen LogP contribution in [-0.2, 0) is 13.1 Å². The van der Waals surface area contributed by atoms with Crippen molar-refractivity contribution >= 4 is 0 Å². The van der Waals surface area contributed by atoms with E-state index < -0.39 is 0 Å². The summed E-state index contributed by atoms with van der Waals surface area (Å²) < 4.78 is 2.01. The lowest BCUT2D eigenvalue weighted by atomic mass is 10.1. The summed E-state index contributed by atoms with van der Waals surface area (Å²) in [5, 5.41) is 7.94. The highest BCUT2D eigenvalue weighted by atomic mass is 15.3. The fourth-order valence-corrected chi connectivity index (χ4v) is 1.94. The van der Waals surface area contributed by atoms with E-state index in [-0.39, 0.29) is 0 Å². The highest BCUT2D eigenvalue weighted by Crippen LogP contribution is 2.09. The number of nitrogens with zero attached hydrogens (tertiary/aromatic N) is 2. The fraction of sp³-hybridized carbons (Fsp3) is 0.400. The topological polar surface area (TPSA) is 29.9 Å². The van der Waals surface area contributed by atoms with E-state index >= 15 is 0 Å². The molecule has 0 aliphatic heterocycles. The molecular formula is C15H21N3. The van der Waals surface area contributed by atoms with Crippen LogP contribution in [0.25, 0.3) is 0 Å². The number of nitrogens with one attached hydrogen (secondary N) is 1. The standard InChI is InChI=1S/C15H21N3/c1-3-9-16-11-15-8-10-18(17-15)12-14-7-5-4-6-13(14)2/h4-8,10,16H,3,9,11-12H2,1-2H3. The molecule has 0 aliphatic rings. The summed E-state index contributed by atoms with van der Waals surface area (Å²) in [7, 11) is 0. The third-order valence-electron chi connectivity index (χ3n) is 3.02. The van der Waals surface area contributed by atoms with Gasteiger partial charge >= 0.3 is 0 Å². The first kappa shape index (κ1) is 12.8. The van der Waals surface area contributed by atoms with Crippen LogP contribution in [0.3, 0.4) is 0 Å². The van der Waals surface area contributed by atoms with Crippen LogP contribution in [0.1, 0.15) is 30.2 Å². The molecule has 1 aromatic carbocycles. The molecule has 3 nitrogen and oxygen atoms in total. The van der Waals surface area contributed by atoms with Crippen LogP contribution in [0, 0.1) is 6.92 Å². The summed E-state index contributed by atoms with van der Waals surface area (Å²) in [4.78, 5) is 0. The second kappa shape index (κ2) is 6.36. The van der Waals surface area contributed by atoms with E-state index in [4.69, 9.17) is 0 Å². The maximum Gasteiger partial charge on any atom is 0.0762 e. The minimum Gasteiger partial charge on any atom is -0.311 e. The van der Waals surface area contributed by atoms with Crippen LogP contribution in [0.5, 0.6) is 0 Å². The van der Waals surface area contributed by atoms with E-state index in [0.717, 1.165) is 31.7 Å². The number of hydrogen-bond acceptors (Lipinski definition) is 2. The van der Waals surface area contributed by atoms with Gasteiger partial charge in [-0.15, -0.1) is 0 Å². The van der Waals surface area contributed by atoms with Crippen molar-refractivity contribution in [2.45, 2.75) is 33.4 Å². The maximum absolute atomic E-state index is 4.57. The molecule has 0 saturated heterocycles. The third kappa shape index (κ3) is 3.44. The van der Waals surface area contributed by atoms with Gasteiger partial charge in [-0.3, -0.25) is 4.68 Å². The number of benzene rings is 1. The first-order chi connectivity index (χ1) is 8.79. The SMILES string of the molecule is CCCNCc1ccn(Cc2ccccc2C)n1. The van der Waals surface area contributed by atoms with Crippen LogP contribution in [-0.4, -0.2) is 16.3 Å². The third-order valence-corrected chi connectivity index (χ3v) is 3.02.